The van der Waals surface area contributed by atoms with Crippen molar-refractivity contribution in [3.8, 4) is 0 Å². The van der Waals surface area contributed by atoms with Crippen LogP contribution in [0.4, 0.5) is 0 Å². The van der Waals surface area contributed by atoms with Crippen molar-refractivity contribution in [2.45, 2.75) is 44.6 Å². The number of hydrogen-bond donors (Lipinski definition) is 2. The molecule has 3 N–H and O–H groups in total. The van der Waals surface area contributed by atoms with Crippen LogP contribution in [0.2, 0.25) is 0 Å². The number of amides is 1. The van der Waals surface area contributed by atoms with Gasteiger partial charge in [-0.15, -0.1) is 0 Å². The molecule has 2 rings (SSSR count). The molecule has 0 aromatic heterocycles. The number of carbonyl (C=O) groups excluding carboxylic acids is 1. The van der Waals surface area contributed by atoms with Crippen LogP contribution in [0.5, 0.6) is 0 Å². The van der Waals surface area contributed by atoms with Crippen molar-refractivity contribution in [3.05, 3.63) is 0 Å². The monoisotopic (exact) mass is 282 g/mol. The molecule has 5 nitrogen and oxygen atoms in total. The van der Waals surface area contributed by atoms with Gasteiger partial charge in [-0.05, 0) is 51.9 Å². The predicted molar refractivity (Wildman–Crippen MR) is 81.6 cm³/mol. The van der Waals surface area contributed by atoms with Gasteiger partial charge in [-0.25, -0.2) is 0 Å². The summed E-state index contributed by atoms with van der Waals surface area (Å²) in [5.74, 6) is 0.215. The summed E-state index contributed by atoms with van der Waals surface area (Å²) in [7, 11) is 0. The molecule has 1 saturated heterocycles. The quantitative estimate of drug-likeness (QED) is 0.740. The molecule has 2 fully saturated rings. The number of nitrogens with two attached hydrogens (primary N) is 1. The highest BCUT2D eigenvalue weighted by Crippen LogP contribution is 2.17. The van der Waals surface area contributed by atoms with E-state index in [0.717, 1.165) is 52.1 Å². The van der Waals surface area contributed by atoms with Crippen LogP contribution in [0.3, 0.4) is 0 Å². The van der Waals surface area contributed by atoms with Crippen molar-refractivity contribution in [2.24, 2.45) is 5.73 Å². The van der Waals surface area contributed by atoms with E-state index >= 15 is 0 Å². The van der Waals surface area contributed by atoms with Gasteiger partial charge < -0.3 is 16.0 Å². The van der Waals surface area contributed by atoms with Crippen molar-refractivity contribution < 1.29 is 4.79 Å². The van der Waals surface area contributed by atoms with Crippen LogP contribution in [0.1, 0.15) is 38.5 Å². The Morgan fingerprint density at radius 1 is 1.05 bits per heavy atom. The largest absolute Gasteiger partial charge is 0.352 e. The summed E-state index contributed by atoms with van der Waals surface area (Å²) < 4.78 is 0. The standard InChI is InChI=1S/C15H30N4O/c16-7-3-8-18-9-4-10-19(12-11-18)13-15(20)17-14-5-1-2-6-14/h14H,1-13,16H2,(H,17,20). The third kappa shape index (κ3) is 5.38. The molecule has 1 heterocycles. The second-order valence-corrected chi connectivity index (χ2v) is 6.16. The second-order valence-electron chi connectivity index (χ2n) is 6.16. The Bertz CT molecular complexity index is 292. The molecule has 0 unspecified atom stereocenters. The molecule has 0 bridgehead atoms. The molecule has 20 heavy (non-hydrogen) atoms. The van der Waals surface area contributed by atoms with Gasteiger partial charge in [0.2, 0.25) is 5.91 Å². The third-order valence-electron chi connectivity index (χ3n) is 4.45. The number of hydrogen-bond acceptors (Lipinski definition) is 4. The highest BCUT2D eigenvalue weighted by molar-refractivity contribution is 5.78. The topological polar surface area (TPSA) is 61.6 Å². The lowest BCUT2D eigenvalue weighted by Crippen LogP contribution is -2.42. The summed E-state index contributed by atoms with van der Waals surface area (Å²) >= 11 is 0. The second kappa shape index (κ2) is 8.60. The Labute approximate surface area is 122 Å². The Morgan fingerprint density at radius 3 is 2.50 bits per heavy atom. The maximum absolute atomic E-state index is 12.1. The maximum atomic E-state index is 12.1. The average molecular weight is 282 g/mol. The summed E-state index contributed by atoms with van der Waals surface area (Å²) in [5, 5.41) is 3.18. The van der Waals surface area contributed by atoms with Gasteiger partial charge in [0.25, 0.3) is 0 Å². The first kappa shape index (κ1) is 15.7. The van der Waals surface area contributed by atoms with Crippen LogP contribution in [0.25, 0.3) is 0 Å². The van der Waals surface area contributed by atoms with Crippen molar-refractivity contribution in [2.75, 3.05) is 45.8 Å². The van der Waals surface area contributed by atoms with Crippen LogP contribution in [-0.4, -0.2) is 67.6 Å². The van der Waals surface area contributed by atoms with E-state index in [1.54, 1.807) is 0 Å². The van der Waals surface area contributed by atoms with E-state index in [2.05, 4.69) is 15.1 Å². The van der Waals surface area contributed by atoms with Gasteiger partial charge in [0, 0.05) is 19.1 Å². The Balaban J connectivity index is 1.66. The zero-order valence-corrected chi connectivity index (χ0v) is 12.6. The fourth-order valence-electron chi connectivity index (χ4n) is 3.27. The van der Waals surface area contributed by atoms with Crippen LogP contribution in [0, 0.1) is 0 Å². The first-order valence-corrected chi connectivity index (χ1v) is 8.22. The van der Waals surface area contributed by atoms with Gasteiger partial charge in [-0.2, -0.15) is 0 Å². The summed E-state index contributed by atoms with van der Waals surface area (Å²) in [5.41, 5.74) is 5.57. The normalized spacial score (nSPS) is 22.9. The van der Waals surface area contributed by atoms with Gasteiger partial charge in [0.05, 0.1) is 6.54 Å². The molecule has 0 aromatic carbocycles. The van der Waals surface area contributed by atoms with E-state index < -0.39 is 0 Å². The zero-order valence-electron chi connectivity index (χ0n) is 12.6. The highest BCUT2D eigenvalue weighted by atomic mass is 16.2. The predicted octanol–water partition coefficient (Wildman–Crippen LogP) is 0.402. The number of rotatable bonds is 6. The molecule has 1 saturated carbocycles. The molecule has 1 amide bonds. The average Bonchev–Trinajstić information content (AvgIpc) is 2.83. The van der Waals surface area contributed by atoms with Crippen LogP contribution in [0.15, 0.2) is 0 Å². The van der Waals surface area contributed by atoms with Crippen molar-refractivity contribution >= 4 is 5.91 Å². The lowest BCUT2D eigenvalue weighted by atomic mass is 10.2. The van der Waals surface area contributed by atoms with Gasteiger partial charge in [0.1, 0.15) is 0 Å². The van der Waals surface area contributed by atoms with E-state index in [9.17, 15) is 4.79 Å². The van der Waals surface area contributed by atoms with Gasteiger partial charge in [-0.1, -0.05) is 12.8 Å². The molecular formula is C15H30N4O. The first-order valence-electron chi connectivity index (χ1n) is 8.22. The Kier molecular flexibility index (Phi) is 6.76. The summed E-state index contributed by atoms with van der Waals surface area (Å²) in [6, 6.07) is 0.440. The zero-order chi connectivity index (χ0) is 14.2. The molecule has 116 valence electrons. The van der Waals surface area contributed by atoms with E-state index in [1.807, 2.05) is 0 Å². The Hall–Kier alpha value is -0.650. The summed E-state index contributed by atoms with van der Waals surface area (Å²) in [4.78, 5) is 16.8. The van der Waals surface area contributed by atoms with Crippen LogP contribution < -0.4 is 11.1 Å². The van der Waals surface area contributed by atoms with E-state index in [4.69, 9.17) is 5.73 Å². The lowest BCUT2D eigenvalue weighted by Gasteiger charge is -2.22. The number of nitrogens with zero attached hydrogens (tertiary/aromatic N) is 2. The van der Waals surface area contributed by atoms with Crippen molar-refractivity contribution in [1.29, 1.82) is 0 Å². The lowest BCUT2D eigenvalue weighted by molar-refractivity contribution is -0.122. The number of nitrogens with one attached hydrogen (secondary N) is 1. The van der Waals surface area contributed by atoms with Crippen molar-refractivity contribution in [3.63, 3.8) is 0 Å². The first-order chi connectivity index (χ1) is 9.78. The smallest absolute Gasteiger partial charge is 0.234 e. The number of carbonyl (C=O) groups is 1. The Morgan fingerprint density at radius 2 is 1.75 bits per heavy atom. The molecular weight excluding hydrogens is 252 g/mol. The molecule has 0 aromatic rings. The molecule has 1 aliphatic carbocycles. The highest BCUT2D eigenvalue weighted by Gasteiger charge is 2.20. The minimum atomic E-state index is 0.215. The van der Waals surface area contributed by atoms with Gasteiger partial charge in [-0.3, -0.25) is 9.69 Å². The van der Waals surface area contributed by atoms with Crippen molar-refractivity contribution in [1.82, 2.24) is 15.1 Å². The molecule has 0 spiro atoms. The van der Waals surface area contributed by atoms with E-state index in [-0.39, 0.29) is 5.91 Å². The van der Waals surface area contributed by atoms with Crippen LogP contribution in [-0.2, 0) is 4.79 Å². The minimum Gasteiger partial charge on any atom is -0.352 e. The van der Waals surface area contributed by atoms with Crippen LogP contribution >= 0.6 is 0 Å². The van der Waals surface area contributed by atoms with Gasteiger partial charge in [0.15, 0.2) is 0 Å². The molecule has 0 radical (unpaired) electrons. The molecule has 5 heteroatoms. The molecule has 2 aliphatic rings. The SMILES string of the molecule is NCCCN1CCCN(CC(=O)NC2CCCC2)CC1. The fraction of sp³-hybridized carbons (Fsp3) is 0.933. The fourth-order valence-corrected chi connectivity index (χ4v) is 3.27. The third-order valence-corrected chi connectivity index (χ3v) is 4.45. The van der Waals surface area contributed by atoms with E-state index in [0.29, 0.717) is 12.6 Å². The van der Waals surface area contributed by atoms with E-state index in [1.165, 1.54) is 25.7 Å². The minimum absolute atomic E-state index is 0.215. The summed E-state index contributed by atoms with van der Waals surface area (Å²) in [6.45, 7) is 6.68. The van der Waals surface area contributed by atoms with Gasteiger partial charge >= 0.3 is 0 Å². The maximum Gasteiger partial charge on any atom is 0.234 e. The molecule has 1 aliphatic heterocycles. The summed E-state index contributed by atoms with van der Waals surface area (Å²) in [6.07, 6.45) is 7.09. The molecule has 0 atom stereocenters.